The van der Waals surface area contributed by atoms with Gasteiger partial charge in [-0.15, -0.1) is 0 Å². The molecule has 0 fully saturated rings. The average Bonchev–Trinajstić information content (AvgIpc) is 2.72. The molecular formula is C25H36MnN2O8. The first-order chi connectivity index (χ1) is 16.2. The monoisotopic (exact) mass is 547 g/mol. The van der Waals surface area contributed by atoms with Gasteiger partial charge in [-0.25, -0.2) is 0 Å². The summed E-state index contributed by atoms with van der Waals surface area (Å²) in [6.07, 6.45) is 4.01. The van der Waals surface area contributed by atoms with Crippen molar-refractivity contribution < 1.29 is 51.5 Å². The van der Waals surface area contributed by atoms with Crippen molar-refractivity contribution >= 4 is 18.2 Å². The first-order valence-corrected chi connectivity index (χ1v) is 11.5. The molecule has 2 aromatic heterocycles. The van der Waals surface area contributed by atoms with Crippen LogP contribution in [0.25, 0.3) is 0 Å². The third kappa shape index (κ3) is 18.3. The number of aromatic nitrogens is 2. The van der Waals surface area contributed by atoms with Crippen molar-refractivity contribution in [3.8, 4) is 0 Å². The van der Waals surface area contributed by atoms with Gasteiger partial charge in [0.1, 0.15) is 17.5 Å². The van der Waals surface area contributed by atoms with Gasteiger partial charge in [-0.3, -0.25) is 24.4 Å². The molecule has 0 bridgehead atoms. The summed E-state index contributed by atoms with van der Waals surface area (Å²) in [4.78, 5) is 41.6. The third-order valence-corrected chi connectivity index (χ3v) is 3.53. The van der Waals surface area contributed by atoms with Crippen LogP contribution >= 0.6 is 0 Å². The van der Waals surface area contributed by atoms with Gasteiger partial charge in [0, 0.05) is 18.0 Å². The predicted octanol–water partition coefficient (Wildman–Crippen LogP) is 3.63. The molecule has 0 atom stereocenters. The molecule has 10 nitrogen and oxygen atoms in total. The van der Waals surface area contributed by atoms with E-state index in [4.69, 9.17) is 22.2 Å². The van der Waals surface area contributed by atoms with Crippen LogP contribution in [0.15, 0.2) is 36.7 Å². The summed E-state index contributed by atoms with van der Waals surface area (Å²) in [5, 5.41) is 8.94. The van der Waals surface area contributed by atoms with Crippen molar-refractivity contribution in [3.05, 3.63) is 59.2 Å². The Hall–Kier alpha value is -3.01. The normalized spacial score (nSPS) is 10.2. The van der Waals surface area contributed by atoms with Crippen LogP contribution in [0.4, 0.5) is 0 Å². The number of aliphatic hydroxyl groups excluding tert-OH is 1. The van der Waals surface area contributed by atoms with Crippen LogP contribution in [-0.2, 0) is 61.0 Å². The number of rotatable bonds is 6. The number of aliphatic hydroxyl groups is 1. The number of nitrogens with zero attached hydrogens (tertiary/aromatic N) is 2. The van der Waals surface area contributed by atoms with E-state index in [0.717, 1.165) is 11.8 Å². The zero-order chi connectivity index (χ0) is 27.1. The molecule has 11 heteroatoms. The van der Waals surface area contributed by atoms with Crippen LogP contribution < -0.4 is 0 Å². The van der Waals surface area contributed by atoms with Crippen molar-refractivity contribution in [3.63, 3.8) is 0 Å². The SMILES string of the molecule is C.CC(C)(C)OC(=O)Cc1cc(C=O)ccn1.CC(C)(C)OC(=O)Cc1cc(CO)ccn1.[O]=[Mn]=[O]. The number of hydrogen-bond donors (Lipinski definition) is 1. The van der Waals surface area contributed by atoms with E-state index in [1.807, 2.05) is 20.8 Å². The summed E-state index contributed by atoms with van der Waals surface area (Å²) in [6.45, 7) is 10.8. The van der Waals surface area contributed by atoms with Gasteiger partial charge in [0.2, 0.25) is 0 Å². The number of ether oxygens (including phenoxy) is 2. The summed E-state index contributed by atoms with van der Waals surface area (Å²) >= 11 is -1.44. The number of carbonyl (C=O) groups excluding carboxylic acids is 3. The second-order valence-corrected chi connectivity index (χ2v) is 9.30. The van der Waals surface area contributed by atoms with E-state index in [2.05, 4.69) is 9.97 Å². The fourth-order valence-corrected chi connectivity index (χ4v) is 2.44. The molecule has 0 saturated carbocycles. The number of esters is 2. The van der Waals surface area contributed by atoms with E-state index < -0.39 is 26.0 Å². The van der Waals surface area contributed by atoms with E-state index in [1.165, 1.54) is 6.20 Å². The standard InChI is InChI=1S/C12H17NO3.C12H15NO3.CH4.Mn.2O/c2*1-12(2,3)16-11(15)7-10-6-9(8-14)4-5-13-10;;;;/h4-6,14H,7-8H2,1-3H3;4-6,8H,7H2,1-3H3;1H4;;;. The van der Waals surface area contributed by atoms with Crippen LogP contribution in [0, 0.1) is 0 Å². The quantitative estimate of drug-likeness (QED) is 0.323. The molecule has 0 spiro atoms. The molecule has 2 heterocycles. The van der Waals surface area contributed by atoms with E-state index in [-0.39, 0.29) is 38.8 Å². The minimum atomic E-state index is -1.44. The van der Waals surface area contributed by atoms with E-state index in [9.17, 15) is 14.4 Å². The second-order valence-electron chi connectivity index (χ2n) is 9.10. The van der Waals surface area contributed by atoms with Crippen LogP contribution in [0.5, 0.6) is 0 Å². The van der Waals surface area contributed by atoms with Crippen molar-refractivity contribution in [2.24, 2.45) is 0 Å². The molecule has 1 N–H and O–H groups in total. The molecule has 0 aromatic carbocycles. The van der Waals surface area contributed by atoms with Crippen molar-refractivity contribution in [1.29, 1.82) is 0 Å². The van der Waals surface area contributed by atoms with Gasteiger partial charge in [0.25, 0.3) is 0 Å². The van der Waals surface area contributed by atoms with Gasteiger partial charge < -0.3 is 14.6 Å². The Morgan fingerprint density at radius 1 is 0.889 bits per heavy atom. The zero-order valence-corrected chi connectivity index (χ0v) is 21.9. The molecule has 0 radical (unpaired) electrons. The molecule has 0 unspecified atom stereocenters. The molecular weight excluding hydrogens is 511 g/mol. The van der Waals surface area contributed by atoms with E-state index in [1.54, 1.807) is 51.2 Å². The van der Waals surface area contributed by atoms with Crippen LogP contribution in [0.2, 0.25) is 0 Å². The van der Waals surface area contributed by atoms with Gasteiger partial charge in [-0.2, -0.15) is 0 Å². The summed E-state index contributed by atoms with van der Waals surface area (Å²) in [6, 6.07) is 6.57. The topological polar surface area (TPSA) is 150 Å². The van der Waals surface area contributed by atoms with Gasteiger partial charge in [0.05, 0.1) is 30.8 Å². The zero-order valence-electron chi connectivity index (χ0n) is 20.7. The number of carbonyl (C=O) groups is 3. The Kier molecular flexibility index (Phi) is 17.0. The van der Waals surface area contributed by atoms with E-state index in [0.29, 0.717) is 17.0 Å². The van der Waals surface area contributed by atoms with Crippen molar-refractivity contribution in [2.75, 3.05) is 0 Å². The maximum atomic E-state index is 11.5. The van der Waals surface area contributed by atoms with E-state index >= 15 is 0 Å². The number of pyridine rings is 2. The van der Waals surface area contributed by atoms with Crippen molar-refractivity contribution in [2.45, 2.75) is 79.6 Å². The van der Waals surface area contributed by atoms with Gasteiger partial charge in [0.15, 0.2) is 0 Å². The summed E-state index contributed by atoms with van der Waals surface area (Å²) in [7, 11) is 0. The Bertz CT molecular complexity index is 1010. The predicted molar refractivity (Wildman–Crippen MR) is 127 cm³/mol. The van der Waals surface area contributed by atoms with Crippen LogP contribution in [-0.4, -0.2) is 44.5 Å². The van der Waals surface area contributed by atoms with Crippen molar-refractivity contribution in [1.82, 2.24) is 9.97 Å². The Morgan fingerprint density at radius 3 is 1.69 bits per heavy atom. The third-order valence-electron chi connectivity index (χ3n) is 3.53. The Labute approximate surface area is 218 Å². The second kappa shape index (κ2) is 17.4. The van der Waals surface area contributed by atoms with Crippen LogP contribution in [0.1, 0.15) is 76.3 Å². The fourth-order valence-electron chi connectivity index (χ4n) is 2.44. The molecule has 201 valence electrons. The number of aldehydes is 1. The molecule has 36 heavy (non-hydrogen) atoms. The molecule has 0 saturated heterocycles. The van der Waals surface area contributed by atoms with Gasteiger partial charge >= 0.3 is 34.4 Å². The first kappa shape index (κ1) is 35.2. The van der Waals surface area contributed by atoms with Gasteiger partial charge in [-0.05, 0) is 71.4 Å². The molecule has 0 aliphatic rings. The molecule has 0 amide bonds. The Morgan fingerprint density at radius 2 is 1.31 bits per heavy atom. The first-order valence-electron chi connectivity index (χ1n) is 10.5. The molecule has 2 rings (SSSR count). The molecule has 0 aliphatic heterocycles. The van der Waals surface area contributed by atoms with Gasteiger partial charge in [-0.1, -0.05) is 7.43 Å². The maximum absolute atomic E-state index is 11.5. The molecule has 2 aromatic rings. The minimum absolute atomic E-state index is 0. The summed E-state index contributed by atoms with van der Waals surface area (Å²) in [5.74, 6) is -0.655. The average molecular weight is 548 g/mol. The fraction of sp³-hybridized carbons (Fsp3) is 0.480. The van der Waals surface area contributed by atoms with Crippen LogP contribution in [0.3, 0.4) is 0 Å². The number of hydrogen-bond acceptors (Lipinski definition) is 10. The summed E-state index contributed by atoms with van der Waals surface area (Å²) < 4.78 is 27.1. The molecule has 0 aliphatic carbocycles. The summed E-state index contributed by atoms with van der Waals surface area (Å²) in [5.41, 5.74) is 1.42. The Balaban J connectivity index is 0.